The van der Waals surface area contributed by atoms with Gasteiger partial charge in [0, 0.05) is 4.47 Å². The molecule has 7 heteroatoms. The van der Waals surface area contributed by atoms with Gasteiger partial charge < -0.3 is 25.2 Å². The van der Waals surface area contributed by atoms with Crippen LogP contribution in [0.2, 0.25) is 0 Å². The molecule has 0 radical (unpaired) electrons. The Morgan fingerprint density at radius 2 is 2.05 bits per heavy atom. The summed E-state index contributed by atoms with van der Waals surface area (Å²) in [6, 6.07) is 3.39. The molecule has 4 N–H and O–H groups in total. The first-order chi connectivity index (χ1) is 9.15. The van der Waals surface area contributed by atoms with Crippen LogP contribution >= 0.6 is 15.9 Å². The Morgan fingerprint density at radius 1 is 1.32 bits per heavy atom. The second-order valence-corrected chi connectivity index (χ2v) is 5.36. The first-order valence-corrected chi connectivity index (χ1v) is 6.81. The fourth-order valence-electron chi connectivity index (χ4n) is 2.24. The molecule has 1 aromatic carbocycles. The number of nitrogens with one attached hydrogen (secondary N) is 2. The minimum absolute atomic E-state index is 0.173. The van der Waals surface area contributed by atoms with Gasteiger partial charge in [0.1, 0.15) is 6.10 Å². The number of imidazole rings is 1. The second-order valence-electron chi connectivity index (χ2n) is 4.51. The summed E-state index contributed by atoms with van der Waals surface area (Å²) in [5, 5.41) is 0. The Hall–Kier alpha value is -1.15. The highest BCUT2D eigenvalue weighted by atomic mass is 79.9. The summed E-state index contributed by atoms with van der Waals surface area (Å²) in [5.41, 5.74) is 8.36. The molecular weight excluding hydrogens is 314 g/mol. The van der Waals surface area contributed by atoms with Gasteiger partial charge in [-0.2, -0.15) is 0 Å². The number of rotatable bonds is 2. The number of ether oxygens (including phenoxy) is 2. The van der Waals surface area contributed by atoms with Gasteiger partial charge in [-0.05, 0) is 17.7 Å². The van der Waals surface area contributed by atoms with Gasteiger partial charge in [0.25, 0.3) is 0 Å². The number of aromatic nitrogens is 2. The maximum Gasteiger partial charge on any atom is 0.323 e. The van der Waals surface area contributed by atoms with E-state index < -0.39 is 0 Å². The van der Waals surface area contributed by atoms with Crippen molar-refractivity contribution in [1.82, 2.24) is 9.97 Å². The molecule has 6 nitrogen and oxygen atoms in total. The summed E-state index contributed by atoms with van der Waals surface area (Å²) in [6.45, 7) is 1.64. The van der Waals surface area contributed by atoms with Crippen molar-refractivity contribution >= 4 is 27.0 Å². The smallest absolute Gasteiger partial charge is 0.323 e. The Bertz CT molecular complexity index is 645. The van der Waals surface area contributed by atoms with Crippen LogP contribution in [0.3, 0.4) is 0 Å². The van der Waals surface area contributed by atoms with Crippen molar-refractivity contribution in [3.05, 3.63) is 32.7 Å². The normalized spacial score (nSPS) is 21.7. The van der Waals surface area contributed by atoms with E-state index in [2.05, 4.69) is 25.9 Å². The third-order valence-corrected chi connectivity index (χ3v) is 3.92. The van der Waals surface area contributed by atoms with E-state index in [0.29, 0.717) is 19.8 Å². The van der Waals surface area contributed by atoms with E-state index in [1.54, 1.807) is 0 Å². The largest absolute Gasteiger partial charge is 0.376 e. The van der Waals surface area contributed by atoms with Crippen molar-refractivity contribution in [2.45, 2.75) is 12.1 Å². The number of H-pyrrole nitrogens is 2. The molecule has 102 valence electrons. The molecule has 19 heavy (non-hydrogen) atoms. The average molecular weight is 328 g/mol. The zero-order valence-corrected chi connectivity index (χ0v) is 11.7. The maximum absolute atomic E-state index is 11.3. The summed E-state index contributed by atoms with van der Waals surface area (Å²) in [4.78, 5) is 16.7. The van der Waals surface area contributed by atoms with Gasteiger partial charge in [-0.25, -0.2) is 4.79 Å². The van der Waals surface area contributed by atoms with Gasteiger partial charge in [0.2, 0.25) is 0 Å². The molecule has 2 atom stereocenters. The van der Waals surface area contributed by atoms with Gasteiger partial charge in [-0.15, -0.1) is 0 Å². The number of aromatic amines is 2. The Labute approximate surface area is 117 Å². The summed E-state index contributed by atoms with van der Waals surface area (Å²) in [5.74, 6) is 0. The standard InChI is InChI=1S/C12H14BrN3O3/c13-7-4-9-8(15-12(17)16-9)3-6(7)11(14)10-5-18-1-2-19-10/h3-4,10-11H,1-2,5,14H2,(H2,15,16,17). The molecule has 1 aliphatic heterocycles. The number of hydrogen-bond donors (Lipinski definition) is 3. The van der Waals surface area contributed by atoms with E-state index in [-0.39, 0.29) is 17.8 Å². The Balaban J connectivity index is 1.98. The van der Waals surface area contributed by atoms with Crippen LogP contribution in [-0.4, -0.2) is 35.9 Å². The number of benzene rings is 1. The van der Waals surface area contributed by atoms with Crippen molar-refractivity contribution in [2.75, 3.05) is 19.8 Å². The predicted octanol–water partition coefficient (Wildman–Crippen LogP) is 1.03. The second kappa shape index (κ2) is 5.09. The van der Waals surface area contributed by atoms with Crippen molar-refractivity contribution in [1.29, 1.82) is 0 Å². The van der Waals surface area contributed by atoms with Crippen LogP contribution in [-0.2, 0) is 9.47 Å². The monoisotopic (exact) mass is 327 g/mol. The zero-order chi connectivity index (χ0) is 13.4. The Morgan fingerprint density at radius 3 is 2.74 bits per heavy atom. The van der Waals surface area contributed by atoms with Crippen LogP contribution in [0.4, 0.5) is 0 Å². The third-order valence-electron chi connectivity index (χ3n) is 3.23. The molecule has 0 bridgehead atoms. The van der Waals surface area contributed by atoms with Crippen LogP contribution in [0.25, 0.3) is 11.0 Å². The highest BCUT2D eigenvalue weighted by Gasteiger charge is 2.25. The van der Waals surface area contributed by atoms with Gasteiger partial charge in [-0.1, -0.05) is 15.9 Å². The van der Waals surface area contributed by atoms with Gasteiger partial charge >= 0.3 is 5.69 Å². The summed E-state index contributed by atoms with van der Waals surface area (Å²) in [6.07, 6.45) is -0.173. The quantitative estimate of drug-likeness (QED) is 0.768. The first kappa shape index (κ1) is 12.9. The number of nitrogens with two attached hydrogens (primary N) is 1. The Kier molecular flexibility index (Phi) is 3.44. The van der Waals surface area contributed by atoms with Crippen LogP contribution in [0.5, 0.6) is 0 Å². The van der Waals surface area contributed by atoms with Crippen LogP contribution < -0.4 is 11.4 Å². The van der Waals surface area contributed by atoms with E-state index in [0.717, 1.165) is 21.1 Å². The molecule has 3 rings (SSSR count). The summed E-state index contributed by atoms with van der Waals surface area (Å²) < 4.78 is 11.8. The number of fused-ring (bicyclic) bond motifs is 1. The molecule has 2 unspecified atom stereocenters. The maximum atomic E-state index is 11.3. The molecule has 1 fully saturated rings. The number of hydrogen-bond acceptors (Lipinski definition) is 4. The molecule has 0 amide bonds. The highest BCUT2D eigenvalue weighted by molar-refractivity contribution is 9.10. The number of halogens is 1. The summed E-state index contributed by atoms with van der Waals surface area (Å²) in [7, 11) is 0. The van der Waals surface area contributed by atoms with Gasteiger partial charge in [0.05, 0.1) is 36.9 Å². The summed E-state index contributed by atoms with van der Waals surface area (Å²) >= 11 is 3.48. The molecule has 0 aliphatic carbocycles. The fourth-order valence-corrected chi connectivity index (χ4v) is 2.85. The van der Waals surface area contributed by atoms with Crippen molar-refractivity contribution in [3.8, 4) is 0 Å². The van der Waals surface area contributed by atoms with E-state index in [1.807, 2.05) is 12.1 Å². The van der Waals surface area contributed by atoms with Gasteiger partial charge in [0.15, 0.2) is 0 Å². The van der Waals surface area contributed by atoms with E-state index in [1.165, 1.54) is 0 Å². The fraction of sp³-hybridized carbons (Fsp3) is 0.417. The van der Waals surface area contributed by atoms with E-state index >= 15 is 0 Å². The SMILES string of the molecule is NC(c1cc2[nH]c(=O)[nH]c2cc1Br)C1COCCO1. The predicted molar refractivity (Wildman–Crippen MR) is 74.1 cm³/mol. The molecule has 1 aromatic heterocycles. The topological polar surface area (TPSA) is 93.1 Å². The van der Waals surface area contributed by atoms with E-state index in [9.17, 15) is 4.79 Å². The van der Waals surface area contributed by atoms with Crippen LogP contribution in [0, 0.1) is 0 Å². The zero-order valence-electron chi connectivity index (χ0n) is 10.1. The molecule has 0 spiro atoms. The lowest BCUT2D eigenvalue weighted by molar-refractivity contribution is -0.0976. The highest BCUT2D eigenvalue weighted by Crippen LogP contribution is 2.29. The van der Waals surface area contributed by atoms with Crippen molar-refractivity contribution in [2.24, 2.45) is 5.73 Å². The third kappa shape index (κ3) is 2.46. The van der Waals surface area contributed by atoms with E-state index in [4.69, 9.17) is 15.2 Å². The lowest BCUT2D eigenvalue weighted by Gasteiger charge is -2.28. The molecule has 1 aliphatic rings. The molecule has 1 saturated heterocycles. The molecular formula is C12H14BrN3O3. The minimum Gasteiger partial charge on any atom is -0.376 e. The molecule has 0 saturated carbocycles. The molecule has 2 heterocycles. The van der Waals surface area contributed by atoms with Crippen LogP contribution in [0.15, 0.2) is 21.4 Å². The van der Waals surface area contributed by atoms with Crippen molar-refractivity contribution in [3.63, 3.8) is 0 Å². The van der Waals surface area contributed by atoms with Crippen LogP contribution in [0.1, 0.15) is 11.6 Å². The lowest BCUT2D eigenvalue weighted by Crippen LogP contribution is -2.37. The minimum atomic E-state index is -0.308. The first-order valence-electron chi connectivity index (χ1n) is 6.01. The lowest BCUT2D eigenvalue weighted by atomic mass is 10.0. The molecule has 2 aromatic rings. The van der Waals surface area contributed by atoms with Crippen molar-refractivity contribution < 1.29 is 9.47 Å². The van der Waals surface area contributed by atoms with Gasteiger partial charge in [-0.3, -0.25) is 0 Å². The average Bonchev–Trinajstić information content (AvgIpc) is 2.77.